The summed E-state index contributed by atoms with van der Waals surface area (Å²) >= 11 is 0. The standard InChI is InChI=1S/C14H17NO2/c1-2-13(16)15-14(9-6-10-17-11-14)12-7-4-3-5-8-12/h2-5,7-8H,1,6,9-11H2,(H,15,16). The highest BCUT2D eigenvalue weighted by Gasteiger charge is 2.35. The molecule has 1 saturated heterocycles. The van der Waals surface area contributed by atoms with Crippen molar-refractivity contribution in [2.45, 2.75) is 18.4 Å². The predicted molar refractivity (Wildman–Crippen MR) is 66.5 cm³/mol. The summed E-state index contributed by atoms with van der Waals surface area (Å²) < 4.78 is 5.54. The first-order chi connectivity index (χ1) is 8.27. The number of nitrogens with one attached hydrogen (secondary N) is 1. The van der Waals surface area contributed by atoms with Gasteiger partial charge in [0.05, 0.1) is 12.1 Å². The Labute approximate surface area is 101 Å². The second-order valence-electron chi connectivity index (χ2n) is 4.30. The third-order valence-electron chi connectivity index (χ3n) is 3.11. The van der Waals surface area contributed by atoms with Gasteiger partial charge in [-0.2, -0.15) is 0 Å². The van der Waals surface area contributed by atoms with E-state index in [2.05, 4.69) is 11.9 Å². The summed E-state index contributed by atoms with van der Waals surface area (Å²) in [6.45, 7) is 4.78. The normalized spacial score (nSPS) is 24.0. The van der Waals surface area contributed by atoms with Crippen LogP contribution in [-0.4, -0.2) is 19.1 Å². The summed E-state index contributed by atoms with van der Waals surface area (Å²) in [7, 11) is 0. The molecule has 17 heavy (non-hydrogen) atoms. The number of hydrogen-bond donors (Lipinski definition) is 1. The Morgan fingerprint density at radius 1 is 1.41 bits per heavy atom. The molecule has 1 aromatic carbocycles. The van der Waals surface area contributed by atoms with Crippen molar-refractivity contribution in [2.75, 3.05) is 13.2 Å². The molecule has 1 amide bonds. The van der Waals surface area contributed by atoms with Crippen LogP contribution >= 0.6 is 0 Å². The van der Waals surface area contributed by atoms with Gasteiger partial charge in [0.25, 0.3) is 0 Å². The number of ether oxygens (including phenoxy) is 1. The highest BCUT2D eigenvalue weighted by Crippen LogP contribution is 2.30. The highest BCUT2D eigenvalue weighted by molar-refractivity contribution is 5.87. The summed E-state index contributed by atoms with van der Waals surface area (Å²) in [6.07, 6.45) is 3.15. The molecular weight excluding hydrogens is 214 g/mol. The van der Waals surface area contributed by atoms with Crippen molar-refractivity contribution in [1.29, 1.82) is 0 Å². The van der Waals surface area contributed by atoms with Crippen LogP contribution < -0.4 is 5.32 Å². The molecule has 3 heteroatoms. The Kier molecular flexibility index (Phi) is 3.59. The number of amides is 1. The van der Waals surface area contributed by atoms with E-state index in [-0.39, 0.29) is 5.91 Å². The molecule has 0 saturated carbocycles. The van der Waals surface area contributed by atoms with Gasteiger partial charge in [0, 0.05) is 6.61 Å². The molecule has 1 N–H and O–H groups in total. The minimum atomic E-state index is -0.398. The van der Waals surface area contributed by atoms with Crippen molar-refractivity contribution >= 4 is 5.91 Å². The van der Waals surface area contributed by atoms with E-state index in [1.807, 2.05) is 30.3 Å². The lowest BCUT2D eigenvalue weighted by Gasteiger charge is -2.38. The van der Waals surface area contributed by atoms with Crippen molar-refractivity contribution in [2.24, 2.45) is 0 Å². The fourth-order valence-corrected chi connectivity index (χ4v) is 2.24. The van der Waals surface area contributed by atoms with Crippen LogP contribution in [0.2, 0.25) is 0 Å². The van der Waals surface area contributed by atoms with Crippen molar-refractivity contribution in [3.05, 3.63) is 48.6 Å². The van der Waals surface area contributed by atoms with Gasteiger partial charge in [-0.25, -0.2) is 0 Å². The van der Waals surface area contributed by atoms with E-state index >= 15 is 0 Å². The van der Waals surface area contributed by atoms with Gasteiger partial charge in [-0.15, -0.1) is 0 Å². The summed E-state index contributed by atoms with van der Waals surface area (Å²) in [5.41, 5.74) is 0.694. The lowest BCUT2D eigenvalue weighted by atomic mass is 9.84. The van der Waals surface area contributed by atoms with Crippen LogP contribution in [-0.2, 0) is 15.1 Å². The molecule has 1 aliphatic heterocycles. The van der Waals surface area contributed by atoms with Gasteiger partial charge < -0.3 is 10.1 Å². The maximum atomic E-state index is 11.6. The molecule has 0 spiro atoms. The van der Waals surface area contributed by atoms with E-state index in [1.165, 1.54) is 6.08 Å². The van der Waals surface area contributed by atoms with Crippen LogP contribution in [0.4, 0.5) is 0 Å². The monoisotopic (exact) mass is 231 g/mol. The Balaban J connectivity index is 2.29. The van der Waals surface area contributed by atoms with Crippen LogP contribution in [0.3, 0.4) is 0 Å². The van der Waals surface area contributed by atoms with Crippen LogP contribution in [0, 0.1) is 0 Å². The van der Waals surface area contributed by atoms with E-state index in [9.17, 15) is 4.79 Å². The molecule has 3 nitrogen and oxygen atoms in total. The maximum Gasteiger partial charge on any atom is 0.244 e. The first kappa shape index (κ1) is 11.9. The fourth-order valence-electron chi connectivity index (χ4n) is 2.24. The third-order valence-corrected chi connectivity index (χ3v) is 3.11. The molecule has 90 valence electrons. The molecule has 0 radical (unpaired) electrons. The second-order valence-corrected chi connectivity index (χ2v) is 4.30. The van der Waals surface area contributed by atoms with Crippen LogP contribution in [0.15, 0.2) is 43.0 Å². The number of carbonyl (C=O) groups excluding carboxylic acids is 1. The Bertz CT molecular complexity index is 394. The minimum absolute atomic E-state index is 0.153. The SMILES string of the molecule is C=CC(=O)NC1(c2ccccc2)CCCOC1. The van der Waals surface area contributed by atoms with E-state index in [0.717, 1.165) is 25.0 Å². The average Bonchev–Trinajstić information content (AvgIpc) is 2.40. The first-order valence-corrected chi connectivity index (χ1v) is 5.85. The quantitative estimate of drug-likeness (QED) is 0.808. The Morgan fingerprint density at radius 3 is 2.76 bits per heavy atom. The molecule has 0 aliphatic carbocycles. The lowest BCUT2D eigenvalue weighted by Crippen LogP contribution is -2.50. The van der Waals surface area contributed by atoms with Gasteiger partial charge in [-0.05, 0) is 24.5 Å². The lowest BCUT2D eigenvalue weighted by molar-refractivity contribution is -0.120. The number of hydrogen-bond acceptors (Lipinski definition) is 2. The first-order valence-electron chi connectivity index (χ1n) is 5.85. The highest BCUT2D eigenvalue weighted by atomic mass is 16.5. The molecular formula is C14H17NO2. The number of rotatable bonds is 3. The van der Waals surface area contributed by atoms with Gasteiger partial charge in [0.2, 0.25) is 5.91 Å². The van der Waals surface area contributed by atoms with Gasteiger partial charge in [0.15, 0.2) is 0 Å². The summed E-state index contributed by atoms with van der Waals surface area (Å²) in [5.74, 6) is -0.153. The Morgan fingerprint density at radius 2 is 2.18 bits per heavy atom. The number of benzene rings is 1. The van der Waals surface area contributed by atoms with Crippen molar-refractivity contribution in [3.8, 4) is 0 Å². The topological polar surface area (TPSA) is 38.3 Å². The van der Waals surface area contributed by atoms with E-state index < -0.39 is 5.54 Å². The maximum absolute atomic E-state index is 11.6. The van der Waals surface area contributed by atoms with E-state index in [0.29, 0.717) is 6.61 Å². The smallest absolute Gasteiger partial charge is 0.244 e. The van der Waals surface area contributed by atoms with Gasteiger partial charge in [0.1, 0.15) is 0 Å². The van der Waals surface area contributed by atoms with Crippen molar-refractivity contribution in [3.63, 3.8) is 0 Å². The zero-order valence-corrected chi connectivity index (χ0v) is 9.82. The zero-order chi connectivity index (χ0) is 12.1. The van der Waals surface area contributed by atoms with Crippen molar-refractivity contribution in [1.82, 2.24) is 5.32 Å². The molecule has 1 aliphatic rings. The van der Waals surface area contributed by atoms with Crippen LogP contribution in [0.25, 0.3) is 0 Å². The summed E-state index contributed by atoms with van der Waals surface area (Å²) in [6, 6.07) is 9.98. The minimum Gasteiger partial charge on any atom is -0.379 e. The van der Waals surface area contributed by atoms with Crippen LogP contribution in [0.1, 0.15) is 18.4 Å². The fraction of sp³-hybridized carbons (Fsp3) is 0.357. The second kappa shape index (κ2) is 5.15. The largest absolute Gasteiger partial charge is 0.379 e. The Hall–Kier alpha value is -1.61. The predicted octanol–water partition coefficient (Wildman–Crippen LogP) is 1.99. The summed E-state index contributed by atoms with van der Waals surface area (Å²) in [4.78, 5) is 11.6. The third kappa shape index (κ3) is 2.56. The van der Waals surface area contributed by atoms with Gasteiger partial charge in [-0.3, -0.25) is 4.79 Å². The molecule has 2 rings (SSSR count). The number of carbonyl (C=O) groups is 1. The summed E-state index contributed by atoms with van der Waals surface area (Å²) in [5, 5.41) is 3.02. The van der Waals surface area contributed by atoms with Gasteiger partial charge >= 0.3 is 0 Å². The van der Waals surface area contributed by atoms with E-state index in [4.69, 9.17) is 4.74 Å². The van der Waals surface area contributed by atoms with Crippen molar-refractivity contribution < 1.29 is 9.53 Å². The molecule has 0 aromatic heterocycles. The van der Waals surface area contributed by atoms with E-state index in [1.54, 1.807) is 0 Å². The molecule has 1 heterocycles. The molecule has 1 fully saturated rings. The molecule has 1 atom stereocenters. The molecule has 1 aromatic rings. The van der Waals surface area contributed by atoms with Crippen LogP contribution in [0.5, 0.6) is 0 Å². The van der Waals surface area contributed by atoms with Gasteiger partial charge in [-0.1, -0.05) is 36.9 Å². The average molecular weight is 231 g/mol. The molecule has 1 unspecified atom stereocenters. The zero-order valence-electron chi connectivity index (χ0n) is 9.82. The molecule has 0 bridgehead atoms.